The number of carbonyl (C=O) groups excluding carboxylic acids is 2. The number of halogens is 7. The van der Waals surface area contributed by atoms with E-state index in [0.717, 1.165) is 16.7 Å². The number of alkyl halides is 6. The zero-order chi connectivity index (χ0) is 33.9. The molecule has 7 nitrogen and oxygen atoms in total. The Hall–Kier alpha value is -3.05. The van der Waals surface area contributed by atoms with Crippen LogP contribution in [0.3, 0.4) is 0 Å². The molecule has 2 amide bonds. The first-order valence-corrected chi connectivity index (χ1v) is 15.4. The van der Waals surface area contributed by atoms with Crippen molar-refractivity contribution in [3.8, 4) is 11.5 Å². The van der Waals surface area contributed by atoms with Crippen molar-refractivity contribution in [3.63, 3.8) is 0 Å². The van der Waals surface area contributed by atoms with Crippen LogP contribution in [-0.4, -0.2) is 42.3 Å². The van der Waals surface area contributed by atoms with Crippen molar-refractivity contribution in [2.45, 2.75) is 57.9 Å². The standard InChI is InChI=1S/C31H29BF6INO6/c1-14(6-16-8-22(39)27(41)24(9-16)45-3)4-5-23-25-15(2)7-20-26(21(25)13-32(44)46-23)29(43)40(28(20)42)19-11-17(30(33,34)35)10-18(12-19)31(36,37)38/h6,8-12,20-21,23,26,41,44H,4-5,7,13H2,1-3H3/b14-6+/t20-,21+,23-,26-/m1/s1. The van der Waals surface area contributed by atoms with Crippen LogP contribution in [0.25, 0.3) is 6.08 Å². The molecule has 0 unspecified atom stereocenters. The predicted octanol–water partition coefficient (Wildman–Crippen LogP) is 7.25. The summed E-state index contributed by atoms with van der Waals surface area (Å²) >= 11 is 1.99. The van der Waals surface area contributed by atoms with E-state index in [1.165, 1.54) is 7.11 Å². The predicted molar refractivity (Wildman–Crippen MR) is 165 cm³/mol. The van der Waals surface area contributed by atoms with Crippen LogP contribution < -0.4 is 9.64 Å². The van der Waals surface area contributed by atoms with E-state index < -0.39 is 72.0 Å². The summed E-state index contributed by atoms with van der Waals surface area (Å²) in [6.07, 6.45) is -8.16. The molecule has 2 aromatic carbocycles. The summed E-state index contributed by atoms with van der Waals surface area (Å²) in [7, 11) is 0.138. The number of allylic oxidation sites excluding steroid dienone is 2. The molecule has 0 spiro atoms. The summed E-state index contributed by atoms with van der Waals surface area (Å²) in [5, 5.41) is 20.8. The second-order valence-electron chi connectivity index (χ2n) is 11.9. The number of hydrogen-bond acceptors (Lipinski definition) is 6. The number of nitrogens with zero attached hydrogens (tertiary/aromatic N) is 1. The Balaban J connectivity index is 1.42. The van der Waals surface area contributed by atoms with Gasteiger partial charge in [-0.3, -0.25) is 9.59 Å². The molecule has 2 fully saturated rings. The van der Waals surface area contributed by atoms with Gasteiger partial charge in [0, 0.05) is 0 Å². The third kappa shape index (κ3) is 6.54. The Morgan fingerprint density at radius 3 is 2.28 bits per heavy atom. The first-order chi connectivity index (χ1) is 21.4. The van der Waals surface area contributed by atoms with E-state index in [0.29, 0.717) is 44.8 Å². The maximum atomic E-state index is 13.8. The number of hydrogen-bond donors (Lipinski definition) is 2. The number of benzene rings is 2. The molecule has 2 saturated heterocycles. The summed E-state index contributed by atoms with van der Waals surface area (Å²) in [6.45, 7) is 3.65. The molecule has 0 bridgehead atoms. The molecule has 2 N–H and O–H groups in total. The van der Waals surface area contributed by atoms with E-state index in [9.17, 15) is 46.1 Å². The SMILES string of the molecule is COc1cc(/C=C(\C)CC[C@H]2OB(O)C[C@H]3C2=C(C)C[C@H]2C(=O)N(c4cc(C(F)(F)F)cc(C(F)(F)F)c4)C(=O)[C@H]23)cc(I)c1O. The number of ether oxygens (including phenoxy) is 1. The number of methoxy groups -OCH3 is 1. The molecule has 2 heterocycles. The lowest BCUT2D eigenvalue weighted by Crippen LogP contribution is -2.46. The number of phenols is 1. The summed E-state index contributed by atoms with van der Waals surface area (Å²) in [5.74, 6) is -4.24. The van der Waals surface area contributed by atoms with Crippen LogP contribution in [0.2, 0.25) is 6.32 Å². The quantitative estimate of drug-likeness (QED) is 0.106. The fourth-order valence-corrected chi connectivity index (χ4v) is 7.42. The first kappa shape index (κ1) is 34.3. The van der Waals surface area contributed by atoms with Crippen molar-refractivity contribution in [2.75, 3.05) is 12.0 Å². The average Bonchev–Trinajstić information content (AvgIpc) is 3.21. The van der Waals surface area contributed by atoms with Gasteiger partial charge in [-0.15, -0.1) is 0 Å². The zero-order valence-electron chi connectivity index (χ0n) is 24.8. The minimum absolute atomic E-state index is 0.0268. The van der Waals surface area contributed by atoms with Gasteiger partial charge < -0.3 is 19.5 Å². The van der Waals surface area contributed by atoms with Crippen molar-refractivity contribution in [1.29, 1.82) is 0 Å². The number of rotatable bonds is 6. The molecule has 2 aromatic rings. The topological polar surface area (TPSA) is 96.3 Å². The summed E-state index contributed by atoms with van der Waals surface area (Å²) < 4.78 is 93.1. The average molecular weight is 763 g/mol. The van der Waals surface area contributed by atoms with Gasteiger partial charge in [0.2, 0.25) is 11.8 Å². The lowest BCUT2D eigenvalue weighted by molar-refractivity contribution is -0.143. The van der Waals surface area contributed by atoms with Gasteiger partial charge in [-0.05, 0) is 109 Å². The smallest absolute Gasteiger partial charge is 0.455 e. The molecule has 5 rings (SSSR count). The summed E-state index contributed by atoms with van der Waals surface area (Å²) in [5.41, 5.74) is -0.904. The molecule has 3 aliphatic rings. The Morgan fingerprint density at radius 2 is 1.70 bits per heavy atom. The highest BCUT2D eigenvalue weighted by atomic mass is 127. The second kappa shape index (κ2) is 12.5. The molecular formula is C31H29BF6INO6. The number of aromatic hydroxyl groups is 1. The van der Waals surface area contributed by atoms with Crippen LogP contribution in [0, 0.1) is 21.3 Å². The van der Waals surface area contributed by atoms with Crippen molar-refractivity contribution in [2.24, 2.45) is 17.8 Å². The second-order valence-corrected chi connectivity index (χ2v) is 13.0. The molecule has 4 atom stereocenters. The molecule has 246 valence electrons. The highest BCUT2D eigenvalue weighted by Crippen LogP contribution is 2.52. The van der Waals surface area contributed by atoms with E-state index in [4.69, 9.17) is 9.39 Å². The monoisotopic (exact) mass is 763 g/mol. The largest absolute Gasteiger partial charge is 0.504 e. The lowest BCUT2D eigenvalue weighted by atomic mass is 9.59. The van der Waals surface area contributed by atoms with Crippen LogP contribution in [0.5, 0.6) is 11.5 Å². The van der Waals surface area contributed by atoms with Crippen LogP contribution in [0.1, 0.15) is 49.8 Å². The van der Waals surface area contributed by atoms with Gasteiger partial charge in [0.25, 0.3) is 0 Å². The lowest BCUT2D eigenvalue weighted by Gasteiger charge is -2.42. The minimum Gasteiger partial charge on any atom is -0.504 e. The summed E-state index contributed by atoms with van der Waals surface area (Å²) in [4.78, 5) is 27.7. The van der Waals surface area contributed by atoms with Gasteiger partial charge in [0.15, 0.2) is 11.5 Å². The third-order valence-corrected chi connectivity index (χ3v) is 9.59. The highest BCUT2D eigenvalue weighted by molar-refractivity contribution is 14.1. The molecule has 15 heteroatoms. The molecule has 0 saturated carbocycles. The van der Waals surface area contributed by atoms with Gasteiger partial charge in [-0.1, -0.05) is 17.2 Å². The van der Waals surface area contributed by atoms with Crippen LogP contribution in [-0.2, 0) is 26.6 Å². The maximum Gasteiger partial charge on any atom is 0.455 e. The minimum atomic E-state index is -5.16. The van der Waals surface area contributed by atoms with Crippen molar-refractivity contribution >= 4 is 53.3 Å². The Bertz CT molecular complexity index is 1610. The van der Waals surface area contributed by atoms with Gasteiger partial charge in [-0.25, -0.2) is 4.90 Å². The van der Waals surface area contributed by atoms with Gasteiger partial charge >= 0.3 is 19.5 Å². The van der Waals surface area contributed by atoms with Gasteiger partial charge in [0.1, 0.15) is 0 Å². The van der Waals surface area contributed by atoms with E-state index in [1.807, 2.05) is 35.6 Å². The molecular weight excluding hydrogens is 734 g/mol. The van der Waals surface area contributed by atoms with Gasteiger partial charge in [-0.2, -0.15) is 26.3 Å². The molecule has 2 aliphatic heterocycles. The number of imide groups is 1. The molecule has 0 radical (unpaired) electrons. The van der Waals surface area contributed by atoms with Crippen LogP contribution in [0.15, 0.2) is 47.1 Å². The summed E-state index contributed by atoms with van der Waals surface area (Å²) in [6, 6.07) is 4.17. The fraction of sp³-hybridized carbons (Fsp3) is 0.419. The number of anilines is 1. The van der Waals surface area contributed by atoms with Crippen LogP contribution >= 0.6 is 22.6 Å². The Labute approximate surface area is 274 Å². The maximum absolute atomic E-state index is 13.8. The molecule has 0 aromatic heterocycles. The van der Waals surface area contributed by atoms with E-state index >= 15 is 0 Å². The van der Waals surface area contributed by atoms with E-state index in [1.54, 1.807) is 19.1 Å². The van der Waals surface area contributed by atoms with E-state index in [-0.39, 0.29) is 24.6 Å². The number of fused-ring (bicyclic) bond motifs is 3. The first-order valence-electron chi connectivity index (χ1n) is 14.3. The van der Waals surface area contributed by atoms with Crippen LogP contribution in [0.4, 0.5) is 32.0 Å². The Kier molecular flexibility index (Phi) is 9.34. The van der Waals surface area contributed by atoms with Gasteiger partial charge in [0.05, 0.1) is 45.4 Å². The normalized spacial score (nSPS) is 24.0. The Morgan fingerprint density at radius 1 is 1.07 bits per heavy atom. The molecule has 1 aliphatic carbocycles. The fourth-order valence-electron chi connectivity index (χ4n) is 6.79. The number of amides is 2. The van der Waals surface area contributed by atoms with Crippen molar-refractivity contribution in [1.82, 2.24) is 0 Å². The highest BCUT2D eigenvalue weighted by Gasteiger charge is 2.57. The number of phenolic OH excluding ortho intramolecular Hbond substituents is 1. The van der Waals surface area contributed by atoms with Crippen molar-refractivity contribution < 1.29 is 55.5 Å². The van der Waals surface area contributed by atoms with E-state index in [2.05, 4.69) is 0 Å². The molecule has 46 heavy (non-hydrogen) atoms. The van der Waals surface area contributed by atoms with Crippen molar-refractivity contribution in [3.05, 3.63) is 67.3 Å². The zero-order valence-corrected chi connectivity index (χ0v) is 27.0. The third-order valence-electron chi connectivity index (χ3n) is 8.77. The number of carbonyl (C=O) groups is 2.